The summed E-state index contributed by atoms with van der Waals surface area (Å²) in [6, 6.07) is 6.14. The van der Waals surface area contributed by atoms with Gasteiger partial charge >= 0.3 is 6.09 Å². The monoisotopic (exact) mass is 306 g/mol. The highest BCUT2D eigenvalue weighted by Crippen LogP contribution is 2.31. The molecule has 1 unspecified atom stereocenters. The molecule has 1 aromatic carbocycles. The van der Waals surface area contributed by atoms with E-state index >= 15 is 0 Å². The summed E-state index contributed by atoms with van der Waals surface area (Å²) in [5.74, 6) is 0.901. The number of rotatable bonds is 5. The summed E-state index contributed by atoms with van der Waals surface area (Å²) < 4.78 is 11.1. The van der Waals surface area contributed by atoms with E-state index < -0.39 is 11.7 Å². The Morgan fingerprint density at radius 3 is 2.86 bits per heavy atom. The molecule has 0 saturated carbocycles. The number of hydrogen-bond donors (Lipinski definition) is 2. The van der Waals surface area contributed by atoms with Gasteiger partial charge < -0.3 is 20.1 Å². The van der Waals surface area contributed by atoms with Crippen LogP contribution in [-0.2, 0) is 11.2 Å². The van der Waals surface area contributed by atoms with Crippen molar-refractivity contribution < 1.29 is 14.3 Å². The zero-order valence-electron chi connectivity index (χ0n) is 13.9. The van der Waals surface area contributed by atoms with Crippen LogP contribution < -0.4 is 15.4 Å². The maximum absolute atomic E-state index is 11.7. The molecule has 0 aliphatic carbocycles. The quantitative estimate of drug-likeness (QED) is 0.876. The topological polar surface area (TPSA) is 59.6 Å². The summed E-state index contributed by atoms with van der Waals surface area (Å²) in [5.41, 5.74) is 1.81. The van der Waals surface area contributed by atoms with Crippen LogP contribution in [0.4, 0.5) is 10.5 Å². The zero-order valence-corrected chi connectivity index (χ0v) is 13.9. The SMILES string of the molecule is CCCNc1ccc2c(c1)CC(CNC(=O)OC(C)(C)C)O2. The summed E-state index contributed by atoms with van der Waals surface area (Å²) >= 11 is 0. The molecule has 22 heavy (non-hydrogen) atoms. The first-order chi connectivity index (χ1) is 10.4. The number of anilines is 1. The van der Waals surface area contributed by atoms with Gasteiger partial charge in [0.05, 0.1) is 6.54 Å². The average Bonchev–Trinajstić information content (AvgIpc) is 2.83. The van der Waals surface area contributed by atoms with Crippen molar-refractivity contribution in [1.82, 2.24) is 5.32 Å². The average molecular weight is 306 g/mol. The molecule has 1 aromatic rings. The smallest absolute Gasteiger partial charge is 0.407 e. The Morgan fingerprint density at radius 1 is 1.41 bits per heavy atom. The van der Waals surface area contributed by atoms with Crippen molar-refractivity contribution in [2.45, 2.75) is 52.2 Å². The number of fused-ring (bicyclic) bond motifs is 1. The molecule has 5 nitrogen and oxygen atoms in total. The van der Waals surface area contributed by atoms with Gasteiger partial charge in [-0.25, -0.2) is 4.79 Å². The van der Waals surface area contributed by atoms with Crippen LogP contribution in [0.2, 0.25) is 0 Å². The lowest BCUT2D eigenvalue weighted by Crippen LogP contribution is -2.38. The van der Waals surface area contributed by atoms with Gasteiger partial charge in [0, 0.05) is 18.7 Å². The first kappa shape index (κ1) is 16.5. The number of carbonyl (C=O) groups is 1. The molecule has 2 N–H and O–H groups in total. The molecule has 0 saturated heterocycles. The highest BCUT2D eigenvalue weighted by Gasteiger charge is 2.24. The van der Waals surface area contributed by atoms with Gasteiger partial charge in [-0.3, -0.25) is 0 Å². The molecular weight excluding hydrogens is 280 g/mol. The third-order valence-electron chi connectivity index (χ3n) is 3.25. The second-order valence-electron chi connectivity index (χ2n) is 6.58. The molecule has 0 radical (unpaired) electrons. The van der Waals surface area contributed by atoms with Gasteiger partial charge in [-0.05, 0) is 51.0 Å². The van der Waals surface area contributed by atoms with Gasteiger partial charge in [0.25, 0.3) is 0 Å². The fourth-order valence-electron chi connectivity index (χ4n) is 2.32. The second kappa shape index (κ2) is 6.90. The number of benzene rings is 1. The molecule has 1 heterocycles. The number of hydrogen-bond acceptors (Lipinski definition) is 4. The predicted molar refractivity (Wildman–Crippen MR) is 87.6 cm³/mol. The van der Waals surface area contributed by atoms with E-state index in [2.05, 4.69) is 23.6 Å². The summed E-state index contributed by atoms with van der Waals surface area (Å²) in [4.78, 5) is 11.7. The molecule has 0 bridgehead atoms. The summed E-state index contributed by atoms with van der Waals surface area (Å²) in [6.07, 6.45) is 1.45. The van der Waals surface area contributed by atoms with E-state index in [1.54, 1.807) is 0 Å². The summed E-state index contributed by atoms with van der Waals surface area (Å²) in [5, 5.41) is 6.13. The van der Waals surface area contributed by atoms with Gasteiger partial charge in [0.1, 0.15) is 17.5 Å². The Morgan fingerprint density at radius 2 is 2.18 bits per heavy atom. The molecule has 5 heteroatoms. The number of amides is 1. The van der Waals surface area contributed by atoms with Crippen LogP contribution in [0, 0.1) is 0 Å². The lowest BCUT2D eigenvalue weighted by Gasteiger charge is -2.20. The fraction of sp³-hybridized carbons (Fsp3) is 0.588. The van der Waals surface area contributed by atoms with Crippen LogP contribution in [0.25, 0.3) is 0 Å². The Bertz CT molecular complexity index is 523. The van der Waals surface area contributed by atoms with Gasteiger partial charge in [-0.2, -0.15) is 0 Å². The Labute approximate surface area is 132 Å². The molecule has 0 fully saturated rings. The Hall–Kier alpha value is -1.91. The lowest BCUT2D eigenvalue weighted by molar-refractivity contribution is 0.0506. The van der Waals surface area contributed by atoms with E-state index in [4.69, 9.17) is 9.47 Å². The van der Waals surface area contributed by atoms with Crippen LogP contribution in [0.3, 0.4) is 0 Å². The minimum atomic E-state index is -0.483. The largest absolute Gasteiger partial charge is 0.488 e. The molecule has 1 atom stereocenters. The van der Waals surface area contributed by atoms with Crippen LogP contribution in [0.5, 0.6) is 5.75 Å². The maximum atomic E-state index is 11.7. The van der Waals surface area contributed by atoms with Crippen molar-refractivity contribution >= 4 is 11.8 Å². The van der Waals surface area contributed by atoms with Crippen LogP contribution in [-0.4, -0.2) is 30.9 Å². The van der Waals surface area contributed by atoms with Crippen molar-refractivity contribution in [1.29, 1.82) is 0 Å². The minimum Gasteiger partial charge on any atom is -0.488 e. The van der Waals surface area contributed by atoms with Crippen molar-refractivity contribution in [3.63, 3.8) is 0 Å². The Balaban J connectivity index is 1.83. The van der Waals surface area contributed by atoms with E-state index in [0.29, 0.717) is 6.54 Å². The van der Waals surface area contributed by atoms with E-state index in [0.717, 1.165) is 30.8 Å². The third kappa shape index (κ3) is 4.83. The van der Waals surface area contributed by atoms with Crippen LogP contribution >= 0.6 is 0 Å². The minimum absolute atomic E-state index is 0.0380. The molecule has 1 aliphatic rings. The molecular formula is C17H26N2O3. The van der Waals surface area contributed by atoms with Crippen molar-refractivity contribution in [2.24, 2.45) is 0 Å². The van der Waals surface area contributed by atoms with E-state index in [1.165, 1.54) is 5.56 Å². The number of carbonyl (C=O) groups excluding carboxylic acids is 1. The molecule has 1 amide bonds. The molecule has 122 valence electrons. The van der Waals surface area contributed by atoms with Crippen molar-refractivity contribution in [3.05, 3.63) is 23.8 Å². The standard InChI is InChI=1S/C17H26N2O3/c1-5-8-18-13-6-7-15-12(9-13)10-14(21-15)11-19-16(20)22-17(2,3)4/h6-7,9,14,18H,5,8,10-11H2,1-4H3,(H,19,20). The van der Waals surface area contributed by atoms with Gasteiger partial charge in [0.15, 0.2) is 0 Å². The number of ether oxygens (including phenoxy) is 2. The zero-order chi connectivity index (χ0) is 16.2. The van der Waals surface area contributed by atoms with Gasteiger partial charge in [-0.1, -0.05) is 6.92 Å². The first-order valence-electron chi connectivity index (χ1n) is 7.87. The van der Waals surface area contributed by atoms with E-state index in [1.807, 2.05) is 32.9 Å². The molecule has 2 rings (SSSR count). The predicted octanol–water partition coefficient (Wildman–Crippen LogP) is 3.34. The number of alkyl carbamates (subject to hydrolysis) is 1. The van der Waals surface area contributed by atoms with Gasteiger partial charge in [0.2, 0.25) is 0 Å². The summed E-state index contributed by atoms with van der Waals surface area (Å²) in [6.45, 7) is 9.09. The normalized spacial score (nSPS) is 16.6. The maximum Gasteiger partial charge on any atom is 0.407 e. The highest BCUT2D eigenvalue weighted by atomic mass is 16.6. The first-order valence-corrected chi connectivity index (χ1v) is 7.87. The second-order valence-corrected chi connectivity index (χ2v) is 6.58. The third-order valence-corrected chi connectivity index (χ3v) is 3.25. The molecule has 1 aliphatic heterocycles. The Kier molecular flexibility index (Phi) is 5.16. The van der Waals surface area contributed by atoms with Crippen LogP contribution in [0.1, 0.15) is 39.7 Å². The van der Waals surface area contributed by atoms with E-state index in [9.17, 15) is 4.79 Å². The van der Waals surface area contributed by atoms with Gasteiger partial charge in [-0.15, -0.1) is 0 Å². The van der Waals surface area contributed by atoms with Crippen LogP contribution in [0.15, 0.2) is 18.2 Å². The van der Waals surface area contributed by atoms with Crippen molar-refractivity contribution in [2.75, 3.05) is 18.4 Å². The molecule has 0 aromatic heterocycles. The lowest BCUT2D eigenvalue weighted by atomic mass is 10.1. The number of nitrogens with one attached hydrogen (secondary N) is 2. The summed E-state index contributed by atoms with van der Waals surface area (Å²) in [7, 11) is 0. The highest BCUT2D eigenvalue weighted by molar-refractivity contribution is 5.67. The van der Waals surface area contributed by atoms with E-state index in [-0.39, 0.29) is 6.10 Å². The fourth-order valence-corrected chi connectivity index (χ4v) is 2.32. The van der Waals surface area contributed by atoms with Crippen molar-refractivity contribution in [3.8, 4) is 5.75 Å². The molecule has 0 spiro atoms.